The number of hydrogen-bond donors (Lipinski definition) is 1. The molecule has 0 spiro atoms. The number of nitrogens with zero attached hydrogens (tertiary/aromatic N) is 2. The van der Waals surface area contributed by atoms with Crippen molar-refractivity contribution in [2.24, 2.45) is 0 Å². The highest BCUT2D eigenvalue weighted by molar-refractivity contribution is 7.99. The number of benzene rings is 2. The lowest BCUT2D eigenvalue weighted by Crippen LogP contribution is -2.36. The molecule has 1 amide bonds. The van der Waals surface area contributed by atoms with Crippen molar-refractivity contribution in [2.45, 2.75) is 18.1 Å². The first-order valence-electron chi connectivity index (χ1n) is 8.68. The lowest BCUT2D eigenvalue weighted by molar-refractivity contribution is -0.119. The van der Waals surface area contributed by atoms with E-state index in [1.165, 1.54) is 16.3 Å². The first-order chi connectivity index (χ1) is 13.5. The Morgan fingerprint density at radius 1 is 1.29 bits per heavy atom. The number of thioether (sulfide) groups is 1. The molecule has 0 aliphatic carbocycles. The molecule has 3 rings (SSSR count). The molecule has 1 N–H and O–H groups in total. The van der Waals surface area contributed by atoms with Gasteiger partial charge in [-0.05, 0) is 37.3 Å². The van der Waals surface area contributed by atoms with Crippen LogP contribution >= 0.6 is 23.4 Å². The molecule has 1 heterocycles. The summed E-state index contributed by atoms with van der Waals surface area (Å²) < 4.78 is 6.52. The second-order valence-electron chi connectivity index (χ2n) is 6.24. The van der Waals surface area contributed by atoms with Crippen molar-refractivity contribution >= 4 is 40.2 Å². The average Bonchev–Trinajstić information content (AvgIpc) is 2.66. The summed E-state index contributed by atoms with van der Waals surface area (Å²) in [6.07, 6.45) is 0. The monoisotopic (exact) mass is 417 g/mol. The van der Waals surface area contributed by atoms with Crippen LogP contribution in [-0.2, 0) is 9.53 Å². The summed E-state index contributed by atoms with van der Waals surface area (Å²) in [5.74, 6) is -0.0334. The van der Waals surface area contributed by atoms with Gasteiger partial charge in [-0.3, -0.25) is 14.2 Å². The van der Waals surface area contributed by atoms with E-state index in [0.717, 1.165) is 0 Å². The second-order valence-corrected chi connectivity index (χ2v) is 7.62. The average molecular weight is 418 g/mol. The van der Waals surface area contributed by atoms with E-state index in [1.54, 1.807) is 49.6 Å². The van der Waals surface area contributed by atoms with E-state index in [9.17, 15) is 9.59 Å². The Hall–Kier alpha value is -2.35. The van der Waals surface area contributed by atoms with Crippen molar-refractivity contribution in [3.8, 4) is 5.69 Å². The first kappa shape index (κ1) is 20.4. The van der Waals surface area contributed by atoms with Gasteiger partial charge in [0.2, 0.25) is 5.91 Å². The van der Waals surface area contributed by atoms with E-state index in [4.69, 9.17) is 16.3 Å². The SMILES string of the molecule is COC[C@@H](C)NC(=O)CSc1nc2ccccc2c(=O)n1-c1cccc(Cl)c1. The van der Waals surface area contributed by atoms with Gasteiger partial charge < -0.3 is 10.1 Å². The van der Waals surface area contributed by atoms with E-state index in [2.05, 4.69) is 10.3 Å². The highest BCUT2D eigenvalue weighted by Crippen LogP contribution is 2.22. The maximum Gasteiger partial charge on any atom is 0.266 e. The molecule has 28 heavy (non-hydrogen) atoms. The number of halogens is 1. The molecule has 0 aliphatic heterocycles. The Balaban J connectivity index is 1.97. The third-order valence-corrected chi connectivity index (χ3v) is 5.14. The smallest absolute Gasteiger partial charge is 0.266 e. The molecule has 0 aliphatic rings. The van der Waals surface area contributed by atoms with Gasteiger partial charge in [-0.25, -0.2) is 4.98 Å². The van der Waals surface area contributed by atoms with Crippen molar-refractivity contribution in [3.63, 3.8) is 0 Å². The van der Waals surface area contributed by atoms with Gasteiger partial charge >= 0.3 is 0 Å². The Kier molecular flexibility index (Phi) is 6.72. The summed E-state index contributed by atoms with van der Waals surface area (Å²) in [7, 11) is 1.58. The number of rotatable bonds is 7. The topological polar surface area (TPSA) is 73.2 Å². The van der Waals surface area contributed by atoms with E-state index in [0.29, 0.717) is 33.4 Å². The highest BCUT2D eigenvalue weighted by Gasteiger charge is 2.15. The van der Waals surface area contributed by atoms with Crippen LogP contribution in [0.15, 0.2) is 58.5 Å². The standard InChI is InChI=1S/C20H20ClN3O3S/c1-13(11-27-2)22-18(25)12-28-20-23-17-9-4-3-8-16(17)19(26)24(20)15-7-5-6-14(21)10-15/h3-10,13H,11-12H2,1-2H3,(H,22,25)/t13-/m1/s1. The Morgan fingerprint density at radius 3 is 2.82 bits per heavy atom. The minimum atomic E-state index is -0.205. The second kappa shape index (κ2) is 9.23. The Labute approximate surface area is 171 Å². The summed E-state index contributed by atoms with van der Waals surface area (Å²) in [6.45, 7) is 2.29. The van der Waals surface area contributed by atoms with Crippen LogP contribution < -0.4 is 10.9 Å². The third kappa shape index (κ3) is 4.73. The zero-order valence-corrected chi connectivity index (χ0v) is 17.1. The fourth-order valence-corrected chi connectivity index (χ4v) is 3.80. The molecule has 0 bridgehead atoms. The number of fused-ring (bicyclic) bond motifs is 1. The number of aromatic nitrogens is 2. The number of carbonyl (C=O) groups excluding carboxylic acids is 1. The van der Waals surface area contributed by atoms with Crippen molar-refractivity contribution in [1.29, 1.82) is 0 Å². The summed E-state index contributed by atoms with van der Waals surface area (Å²) >= 11 is 7.31. The van der Waals surface area contributed by atoms with Gasteiger partial charge in [0.05, 0.1) is 29.0 Å². The summed E-state index contributed by atoms with van der Waals surface area (Å²) in [6, 6.07) is 14.0. The van der Waals surface area contributed by atoms with Crippen LogP contribution in [0, 0.1) is 0 Å². The first-order valence-corrected chi connectivity index (χ1v) is 10.0. The predicted octanol–water partition coefficient (Wildman–Crippen LogP) is 3.28. The Bertz CT molecular complexity index is 1050. The molecule has 0 saturated carbocycles. The van der Waals surface area contributed by atoms with Crippen LogP contribution in [0.3, 0.4) is 0 Å². The molecular formula is C20H20ClN3O3S. The zero-order chi connectivity index (χ0) is 20.1. The van der Waals surface area contributed by atoms with Crippen LogP contribution in [0.1, 0.15) is 6.92 Å². The van der Waals surface area contributed by atoms with E-state index >= 15 is 0 Å². The molecule has 2 aromatic carbocycles. The molecule has 0 unspecified atom stereocenters. The Morgan fingerprint density at radius 2 is 2.07 bits per heavy atom. The maximum absolute atomic E-state index is 13.1. The molecule has 8 heteroatoms. The number of carbonyl (C=O) groups is 1. The molecule has 6 nitrogen and oxygen atoms in total. The fraction of sp³-hybridized carbons (Fsp3) is 0.250. The quantitative estimate of drug-likeness (QED) is 0.471. The van der Waals surface area contributed by atoms with Gasteiger partial charge in [-0.2, -0.15) is 0 Å². The van der Waals surface area contributed by atoms with Gasteiger partial charge in [-0.15, -0.1) is 0 Å². The van der Waals surface area contributed by atoms with E-state index in [1.807, 2.05) is 13.0 Å². The van der Waals surface area contributed by atoms with Gasteiger partial charge in [0.25, 0.3) is 5.56 Å². The van der Waals surface area contributed by atoms with Crippen molar-refractivity contribution in [3.05, 3.63) is 63.9 Å². The minimum Gasteiger partial charge on any atom is -0.383 e. The largest absolute Gasteiger partial charge is 0.383 e. The number of para-hydroxylation sites is 1. The number of nitrogens with one attached hydrogen (secondary N) is 1. The molecule has 1 aromatic heterocycles. The molecule has 0 radical (unpaired) electrons. The van der Waals surface area contributed by atoms with Gasteiger partial charge in [0, 0.05) is 18.2 Å². The summed E-state index contributed by atoms with van der Waals surface area (Å²) in [4.78, 5) is 30.0. The summed E-state index contributed by atoms with van der Waals surface area (Å²) in [5.41, 5.74) is 0.983. The lowest BCUT2D eigenvalue weighted by atomic mass is 10.2. The summed E-state index contributed by atoms with van der Waals surface area (Å²) in [5, 5.41) is 4.30. The van der Waals surface area contributed by atoms with Gasteiger partial charge in [-0.1, -0.05) is 41.6 Å². The number of methoxy groups -OCH3 is 1. The molecule has 3 aromatic rings. The van der Waals surface area contributed by atoms with Crippen LogP contribution in [0.4, 0.5) is 0 Å². The van der Waals surface area contributed by atoms with Crippen LogP contribution in [-0.4, -0.2) is 41.0 Å². The fourth-order valence-electron chi connectivity index (χ4n) is 2.79. The van der Waals surface area contributed by atoms with Crippen molar-refractivity contribution < 1.29 is 9.53 Å². The predicted molar refractivity (Wildman–Crippen MR) is 113 cm³/mol. The molecule has 0 saturated heterocycles. The minimum absolute atomic E-state index is 0.0993. The van der Waals surface area contributed by atoms with Crippen molar-refractivity contribution in [1.82, 2.24) is 14.9 Å². The van der Waals surface area contributed by atoms with Crippen LogP contribution in [0.5, 0.6) is 0 Å². The van der Waals surface area contributed by atoms with Crippen LogP contribution in [0.25, 0.3) is 16.6 Å². The molecule has 0 fully saturated rings. The third-order valence-electron chi connectivity index (χ3n) is 3.97. The lowest BCUT2D eigenvalue weighted by Gasteiger charge is -2.15. The van der Waals surface area contributed by atoms with E-state index in [-0.39, 0.29) is 23.3 Å². The van der Waals surface area contributed by atoms with Gasteiger partial charge in [0.1, 0.15) is 0 Å². The van der Waals surface area contributed by atoms with E-state index < -0.39 is 0 Å². The molecular weight excluding hydrogens is 398 g/mol. The van der Waals surface area contributed by atoms with Gasteiger partial charge in [0.15, 0.2) is 5.16 Å². The number of amides is 1. The number of ether oxygens (including phenoxy) is 1. The maximum atomic E-state index is 13.1. The highest BCUT2D eigenvalue weighted by atomic mass is 35.5. The normalized spacial score (nSPS) is 12.1. The van der Waals surface area contributed by atoms with Crippen molar-refractivity contribution in [2.75, 3.05) is 19.5 Å². The molecule has 146 valence electrons. The zero-order valence-electron chi connectivity index (χ0n) is 15.5. The van der Waals surface area contributed by atoms with Crippen LogP contribution in [0.2, 0.25) is 5.02 Å². The number of hydrogen-bond acceptors (Lipinski definition) is 5. The molecule has 1 atom stereocenters.